The molecule has 0 fully saturated rings. The molecule has 1 aromatic carbocycles. The molecule has 53 valence electrons. The van der Waals surface area contributed by atoms with E-state index in [1.807, 2.05) is 26.8 Å². The van der Waals surface area contributed by atoms with Gasteiger partial charge in [-0.25, -0.2) is 0 Å². The van der Waals surface area contributed by atoms with Gasteiger partial charge in [0.05, 0.1) is 0 Å². The first-order valence-corrected chi connectivity index (χ1v) is 3.37. The standard InChI is InChI=1S/C9H12N/c1-6-4-5-7(2)9(10)8(6)3/h4H,10H2,1-3H3. The van der Waals surface area contributed by atoms with Crippen molar-refractivity contribution in [1.82, 2.24) is 0 Å². The van der Waals surface area contributed by atoms with Crippen LogP contribution in [0.3, 0.4) is 0 Å². The molecule has 0 spiro atoms. The first-order chi connectivity index (χ1) is 4.63. The van der Waals surface area contributed by atoms with Crippen molar-refractivity contribution in [3.8, 4) is 0 Å². The Hall–Kier alpha value is -0.980. The molecule has 2 N–H and O–H groups in total. The van der Waals surface area contributed by atoms with Gasteiger partial charge in [-0.1, -0.05) is 6.07 Å². The van der Waals surface area contributed by atoms with Crippen LogP contribution in [0.1, 0.15) is 16.7 Å². The molecule has 0 aliphatic rings. The summed E-state index contributed by atoms with van der Waals surface area (Å²) in [6.45, 7) is 6.05. The molecule has 0 amide bonds. The molecule has 0 aromatic heterocycles. The fourth-order valence-corrected chi connectivity index (χ4v) is 0.896. The third kappa shape index (κ3) is 0.991. The van der Waals surface area contributed by atoms with Gasteiger partial charge in [0, 0.05) is 5.69 Å². The summed E-state index contributed by atoms with van der Waals surface area (Å²) in [7, 11) is 0. The van der Waals surface area contributed by atoms with Crippen LogP contribution in [0.25, 0.3) is 0 Å². The van der Waals surface area contributed by atoms with Gasteiger partial charge in [0.15, 0.2) is 0 Å². The molecule has 0 saturated carbocycles. The fraction of sp³-hybridized carbons (Fsp3) is 0.333. The summed E-state index contributed by atoms with van der Waals surface area (Å²) in [6.07, 6.45) is 0. The van der Waals surface area contributed by atoms with Gasteiger partial charge in [0.25, 0.3) is 0 Å². The van der Waals surface area contributed by atoms with Gasteiger partial charge in [0.1, 0.15) is 0 Å². The largest absolute Gasteiger partial charge is 0.398 e. The Morgan fingerprint density at radius 3 is 2.40 bits per heavy atom. The number of rotatable bonds is 0. The Morgan fingerprint density at radius 2 is 1.90 bits per heavy atom. The molecule has 0 aliphatic carbocycles. The van der Waals surface area contributed by atoms with E-state index < -0.39 is 0 Å². The molecule has 0 unspecified atom stereocenters. The minimum absolute atomic E-state index is 0.875. The van der Waals surface area contributed by atoms with E-state index in [1.54, 1.807) is 0 Å². The Kier molecular flexibility index (Phi) is 1.66. The van der Waals surface area contributed by atoms with E-state index in [0.717, 1.165) is 11.3 Å². The third-order valence-corrected chi connectivity index (χ3v) is 1.90. The number of aryl methyl sites for hydroxylation is 2. The van der Waals surface area contributed by atoms with Gasteiger partial charge in [-0.05, 0) is 43.5 Å². The first-order valence-electron chi connectivity index (χ1n) is 3.37. The molecular formula is C9H12N. The van der Waals surface area contributed by atoms with Crippen molar-refractivity contribution >= 4 is 5.69 Å². The summed E-state index contributed by atoms with van der Waals surface area (Å²) in [5.41, 5.74) is 10.1. The fourth-order valence-electron chi connectivity index (χ4n) is 0.896. The highest BCUT2D eigenvalue weighted by Gasteiger charge is 1.98. The Morgan fingerprint density at radius 1 is 1.30 bits per heavy atom. The summed E-state index contributed by atoms with van der Waals surface area (Å²) < 4.78 is 0. The van der Waals surface area contributed by atoms with Crippen molar-refractivity contribution in [3.05, 3.63) is 28.8 Å². The molecule has 1 radical (unpaired) electrons. The van der Waals surface area contributed by atoms with Gasteiger partial charge in [0.2, 0.25) is 0 Å². The molecule has 1 aromatic rings. The summed E-state index contributed by atoms with van der Waals surface area (Å²) in [5, 5.41) is 0. The van der Waals surface area contributed by atoms with Crippen LogP contribution < -0.4 is 5.73 Å². The summed E-state index contributed by atoms with van der Waals surface area (Å²) in [6, 6.07) is 5.06. The van der Waals surface area contributed by atoms with Crippen LogP contribution in [0.5, 0.6) is 0 Å². The van der Waals surface area contributed by atoms with Crippen molar-refractivity contribution in [1.29, 1.82) is 0 Å². The van der Waals surface area contributed by atoms with Gasteiger partial charge >= 0.3 is 0 Å². The minimum atomic E-state index is 0.875. The lowest BCUT2D eigenvalue weighted by atomic mass is 10.0. The smallest absolute Gasteiger partial charge is 0.0382 e. The quantitative estimate of drug-likeness (QED) is 0.539. The van der Waals surface area contributed by atoms with Crippen molar-refractivity contribution in [3.63, 3.8) is 0 Å². The van der Waals surface area contributed by atoms with E-state index in [4.69, 9.17) is 5.73 Å². The molecule has 0 aliphatic heterocycles. The van der Waals surface area contributed by atoms with E-state index in [9.17, 15) is 0 Å². The van der Waals surface area contributed by atoms with Crippen LogP contribution in [-0.4, -0.2) is 0 Å². The molecule has 1 heteroatoms. The second-order valence-corrected chi connectivity index (χ2v) is 2.64. The van der Waals surface area contributed by atoms with Gasteiger partial charge < -0.3 is 5.73 Å². The monoisotopic (exact) mass is 134 g/mol. The van der Waals surface area contributed by atoms with E-state index in [1.165, 1.54) is 11.1 Å². The van der Waals surface area contributed by atoms with Crippen molar-refractivity contribution < 1.29 is 0 Å². The average Bonchev–Trinajstić information content (AvgIpc) is 1.93. The van der Waals surface area contributed by atoms with E-state index in [0.29, 0.717) is 0 Å². The number of nitrogens with two attached hydrogens (primary N) is 1. The second kappa shape index (κ2) is 2.33. The normalized spacial score (nSPS) is 9.90. The molecule has 10 heavy (non-hydrogen) atoms. The Balaban J connectivity index is 3.34. The number of anilines is 1. The number of hydrogen-bond acceptors (Lipinski definition) is 1. The number of benzene rings is 1. The van der Waals surface area contributed by atoms with Crippen LogP contribution in [0.4, 0.5) is 5.69 Å². The van der Waals surface area contributed by atoms with Crippen molar-refractivity contribution in [2.75, 3.05) is 5.73 Å². The van der Waals surface area contributed by atoms with Crippen molar-refractivity contribution in [2.45, 2.75) is 20.8 Å². The predicted octanol–water partition coefficient (Wildman–Crippen LogP) is 1.99. The molecular weight excluding hydrogens is 122 g/mol. The number of nitrogen functional groups attached to an aromatic ring is 1. The zero-order chi connectivity index (χ0) is 7.72. The third-order valence-electron chi connectivity index (χ3n) is 1.90. The van der Waals surface area contributed by atoms with Crippen molar-refractivity contribution in [2.24, 2.45) is 0 Å². The summed E-state index contributed by atoms with van der Waals surface area (Å²) >= 11 is 0. The zero-order valence-corrected chi connectivity index (χ0v) is 6.65. The van der Waals surface area contributed by atoms with Crippen LogP contribution in [0, 0.1) is 26.8 Å². The van der Waals surface area contributed by atoms with Crippen LogP contribution >= 0.6 is 0 Å². The number of hydrogen-bond donors (Lipinski definition) is 1. The summed E-state index contributed by atoms with van der Waals surface area (Å²) in [5.74, 6) is 0. The Bertz CT molecular complexity index is 224. The zero-order valence-electron chi connectivity index (χ0n) is 6.65. The maximum absolute atomic E-state index is 5.75. The van der Waals surface area contributed by atoms with Crippen LogP contribution in [-0.2, 0) is 0 Å². The van der Waals surface area contributed by atoms with E-state index >= 15 is 0 Å². The topological polar surface area (TPSA) is 26.0 Å². The molecule has 0 heterocycles. The molecule has 0 bridgehead atoms. The lowest BCUT2D eigenvalue weighted by Gasteiger charge is -2.05. The Labute approximate surface area is 61.9 Å². The first kappa shape index (κ1) is 7.13. The predicted molar refractivity (Wildman–Crippen MR) is 43.9 cm³/mol. The molecule has 0 saturated heterocycles. The maximum Gasteiger partial charge on any atom is 0.0382 e. The second-order valence-electron chi connectivity index (χ2n) is 2.64. The van der Waals surface area contributed by atoms with Gasteiger partial charge in [-0.15, -0.1) is 0 Å². The SMILES string of the molecule is Cc1[c]cc(C)c(C)c1N. The lowest BCUT2D eigenvalue weighted by Crippen LogP contribution is -1.95. The minimum Gasteiger partial charge on any atom is -0.398 e. The van der Waals surface area contributed by atoms with Gasteiger partial charge in [-0.2, -0.15) is 0 Å². The average molecular weight is 134 g/mol. The molecule has 0 atom stereocenters. The highest BCUT2D eigenvalue weighted by Crippen LogP contribution is 2.18. The van der Waals surface area contributed by atoms with E-state index in [2.05, 4.69) is 6.07 Å². The molecule has 1 nitrogen and oxygen atoms in total. The van der Waals surface area contributed by atoms with Crippen LogP contribution in [0.15, 0.2) is 6.07 Å². The lowest BCUT2D eigenvalue weighted by molar-refractivity contribution is 1.30. The highest BCUT2D eigenvalue weighted by molar-refractivity contribution is 5.54. The summed E-state index contributed by atoms with van der Waals surface area (Å²) in [4.78, 5) is 0. The van der Waals surface area contributed by atoms with Crippen LogP contribution in [0.2, 0.25) is 0 Å². The highest BCUT2D eigenvalue weighted by atomic mass is 14.6. The maximum atomic E-state index is 5.75. The van der Waals surface area contributed by atoms with Gasteiger partial charge in [-0.3, -0.25) is 0 Å². The molecule has 1 rings (SSSR count). The van der Waals surface area contributed by atoms with E-state index in [-0.39, 0.29) is 0 Å².